The van der Waals surface area contributed by atoms with Gasteiger partial charge >= 0.3 is 0 Å². The number of nitrogens with one attached hydrogen (secondary N) is 3. The predicted molar refractivity (Wildman–Crippen MR) is 198 cm³/mol. The Kier molecular flexibility index (Phi) is 10.5. The minimum Gasteiger partial charge on any atom is -0.497 e. The second kappa shape index (κ2) is 15.5. The molecule has 8 nitrogen and oxygen atoms in total. The lowest BCUT2D eigenvalue weighted by atomic mass is 10.1. The number of rotatable bonds is 11. The Bertz CT molecular complexity index is 2110. The summed E-state index contributed by atoms with van der Waals surface area (Å²) in [6.07, 6.45) is 1.61. The molecule has 0 radical (unpaired) electrons. The molecule has 1 atom stereocenters. The Hall–Kier alpha value is -5.71. The van der Waals surface area contributed by atoms with E-state index < -0.39 is 17.1 Å². The van der Waals surface area contributed by atoms with Crippen LogP contribution in [0.4, 0.5) is 10.8 Å². The Morgan fingerprint density at radius 2 is 1.51 bits per heavy atom. The van der Waals surface area contributed by atoms with Crippen LogP contribution in [0.15, 0.2) is 138 Å². The van der Waals surface area contributed by atoms with E-state index in [0.717, 1.165) is 26.2 Å². The molecule has 0 saturated heterocycles. The summed E-state index contributed by atoms with van der Waals surface area (Å²) in [5.74, 6) is -0.415. The number of aromatic nitrogens is 1. The van der Waals surface area contributed by atoms with Gasteiger partial charge in [0.25, 0.3) is 11.8 Å². The zero-order valence-corrected chi connectivity index (χ0v) is 28.3. The summed E-state index contributed by atoms with van der Waals surface area (Å²) >= 11 is 2.84. The number of anilines is 2. The van der Waals surface area contributed by atoms with Gasteiger partial charge < -0.3 is 20.7 Å². The quantitative estimate of drug-likeness (QED) is 0.0933. The SMILES string of the molecule is COc1ccc(/C=C(\NC(=O)c2ccccc2)C(=O)Nc2ccc(SC(C(=O)Nc3nc4ccc(C)cc4s3)c3ccccc3)cc2)cc1. The highest BCUT2D eigenvalue weighted by Gasteiger charge is 2.24. The fourth-order valence-electron chi connectivity index (χ4n) is 4.92. The Balaban J connectivity index is 1.18. The molecule has 1 heterocycles. The molecule has 3 N–H and O–H groups in total. The smallest absolute Gasteiger partial charge is 0.272 e. The van der Waals surface area contributed by atoms with Crippen molar-refractivity contribution in [1.82, 2.24) is 10.3 Å². The second-order valence-corrected chi connectivity index (χ2v) is 13.2. The van der Waals surface area contributed by atoms with Crippen molar-refractivity contribution in [1.29, 1.82) is 0 Å². The number of thiazole rings is 1. The van der Waals surface area contributed by atoms with E-state index in [9.17, 15) is 14.4 Å². The van der Waals surface area contributed by atoms with Gasteiger partial charge in [0.2, 0.25) is 5.91 Å². The molecule has 3 amide bonds. The Morgan fingerprint density at radius 3 is 2.20 bits per heavy atom. The van der Waals surface area contributed by atoms with Crippen LogP contribution in [0.25, 0.3) is 16.3 Å². The zero-order chi connectivity index (χ0) is 34.2. The molecular weight excluding hydrogens is 653 g/mol. The van der Waals surface area contributed by atoms with E-state index in [1.165, 1.54) is 23.1 Å². The van der Waals surface area contributed by atoms with Gasteiger partial charge in [0.1, 0.15) is 16.7 Å². The number of thioether (sulfide) groups is 1. The van der Waals surface area contributed by atoms with E-state index in [1.54, 1.807) is 73.8 Å². The molecule has 1 unspecified atom stereocenters. The maximum Gasteiger partial charge on any atom is 0.272 e. The normalized spacial score (nSPS) is 11.8. The van der Waals surface area contributed by atoms with E-state index in [2.05, 4.69) is 27.0 Å². The van der Waals surface area contributed by atoms with E-state index in [0.29, 0.717) is 27.7 Å². The van der Waals surface area contributed by atoms with E-state index in [-0.39, 0.29) is 11.6 Å². The third-order valence-electron chi connectivity index (χ3n) is 7.44. The molecule has 0 fully saturated rings. The van der Waals surface area contributed by atoms with Crippen molar-refractivity contribution in [3.63, 3.8) is 0 Å². The number of methoxy groups -OCH3 is 1. The van der Waals surface area contributed by atoms with Crippen LogP contribution >= 0.6 is 23.1 Å². The minimum atomic E-state index is -0.553. The monoisotopic (exact) mass is 684 g/mol. The topological polar surface area (TPSA) is 109 Å². The first-order chi connectivity index (χ1) is 23.8. The Labute approximate surface area is 292 Å². The first-order valence-corrected chi connectivity index (χ1v) is 17.1. The van der Waals surface area contributed by atoms with Gasteiger partial charge in [-0.25, -0.2) is 4.98 Å². The molecule has 0 aliphatic rings. The predicted octanol–water partition coefficient (Wildman–Crippen LogP) is 8.50. The summed E-state index contributed by atoms with van der Waals surface area (Å²) in [5, 5.41) is 8.65. The average molecular weight is 685 g/mol. The van der Waals surface area contributed by atoms with E-state index >= 15 is 0 Å². The summed E-state index contributed by atoms with van der Waals surface area (Å²) in [7, 11) is 1.58. The lowest BCUT2D eigenvalue weighted by Gasteiger charge is -2.16. The van der Waals surface area contributed by atoms with Gasteiger partial charge in [-0.2, -0.15) is 0 Å². The highest BCUT2D eigenvalue weighted by atomic mass is 32.2. The molecule has 0 aliphatic heterocycles. The summed E-state index contributed by atoms with van der Waals surface area (Å²) in [4.78, 5) is 45.6. The molecule has 49 heavy (non-hydrogen) atoms. The molecule has 0 saturated carbocycles. The molecular formula is C39H32N4O4S2. The van der Waals surface area contributed by atoms with Crippen molar-refractivity contribution < 1.29 is 19.1 Å². The summed E-state index contributed by atoms with van der Waals surface area (Å²) in [6.45, 7) is 2.03. The van der Waals surface area contributed by atoms with Crippen LogP contribution in [-0.2, 0) is 9.59 Å². The van der Waals surface area contributed by atoms with Crippen LogP contribution in [-0.4, -0.2) is 29.8 Å². The zero-order valence-electron chi connectivity index (χ0n) is 26.7. The molecule has 6 rings (SSSR count). The van der Waals surface area contributed by atoms with Crippen LogP contribution in [0.5, 0.6) is 5.75 Å². The number of nitrogens with zero attached hydrogens (tertiary/aromatic N) is 1. The van der Waals surface area contributed by atoms with Gasteiger partial charge in [-0.05, 0) is 90.4 Å². The first kappa shape index (κ1) is 33.2. The maximum atomic E-state index is 13.7. The third kappa shape index (κ3) is 8.61. The van der Waals surface area contributed by atoms with Crippen LogP contribution in [0.1, 0.15) is 32.3 Å². The highest BCUT2D eigenvalue weighted by Crippen LogP contribution is 2.37. The first-order valence-electron chi connectivity index (χ1n) is 15.4. The number of hydrogen-bond donors (Lipinski definition) is 3. The Morgan fingerprint density at radius 1 is 0.816 bits per heavy atom. The lowest BCUT2D eigenvalue weighted by Crippen LogP contribution is -2.30. The van der Waals surface area contributed by atoms with Crippen molar-refractivity contribution in [2.24, 2.45) is 0 Å². The van der Waals surface area contributed by atoms with Gasteiger partial charge in [-0.15, -0.1) is 11.8 Å². The van der Waals surface area contributed by atoms with Crippen molar-refractivity contribution in [3.05, 3.63) is 155 Å². The van der Waals surface area contributed by atoms with Crippen LogP contribution in [0.3, 0.4) is 0 Å². The van der Waals surface area contributed by atoms with Crippen LogP contribution < -0.4 is 20.7 Å². The molecule has 0 spiro atoms. The molecule has 0 aliphatic carbocycles. The van der Waals surface area contributed by atoms with Gasteiger partial charge in [-0.1, -0.05) is 78.1 Å². The molecule has 1 aromatic heterocycles. The van der Waals surface area contributed by atoms with Crippen LogP contribution in [0.2, 0.25) is 0 Å². The molecule has 5 aromatic carbocycles. The van der Waals surface area contributed by atoms with Crippen molar-refractivity contribution in [3.8, 4) is 5.75 Å². The molecule has 0 bridgehead atoms. The second-order valence-electron chi connectivity index (χ2n) is 11.0. The number of aryl methyl sites for hydroxylation is 1. The number of benzene rings is 5. The number of fused-ring (bicyclic) bond motifs is 1. The van der Waals surface area contributed by atoms with Crippen molar-refractivity contribution in [2.75, 3.05) is 17.7 Å². The average Bonchev–Trinajstić information content (AvgIpc) is 3.53. The lowest BCUT2D eigenvalue weighted by molar-refractivity contribution is -0.116. The summed E-state index contributed by atoms with van der Waals surface area (Å²) in [5.41, 5.74) is 4.55. The standard InChI is InChI=1S/C39H32N4O4S2/c1-25-13-22-32-34(23-25)49-39(42-32)43-38(46)35(27-9-5-3-6-10-27)48-31-20-16-29(17-21-31)40-37(45)33(24-26-14-18-30(47-2)19-15-26)41-36(44)28-11-7-4-8-12-28/h3-24,35H,1-2H3,(H,40,45)(H,41,44)(H,42,43,46)/b33-24-. The number of hydrogen-bond acceptors (Lipinski definition) is 7. The number of ether oxygens (including phenoxy) is 1. The number of carbonyl (C=O) groups excluding carboxylic acids is 3. The van der Waals surface area contributed by atoms with Crippen molar-refractivity contribution in [2.45, 2.75) is 17.1 Å². The third-order valence-corrected chi connectivity index (χ3v) is 9.64. The minimum absolute atomic E-state index is 0.0725. The summed E-state index contributed by atoms with van der Waals surface area (Å²) < 4.78 is 6.25. The van der Waals surface area contributed by atoms with Gasteiger partial charge in [0.15, 0.2) is 5.13 Å². The number of carbonyl (C=O) groups is 3. The molecule has 6 aromatic rings. The van der Waals surface area contributed by atoms with Gasteiger partial charge in [-0.3, -0.25) is 14.4 Å². The maximum absolute atomic E-state index is 13.7. The van der Waals surface area contributed by atoms with E-state index in [4.69, 9.17) is 4.74 Å². The summed E-state index contributed by atoms with van der Waals surface area (Å²) in [6, 6.07) is 38.6. The van der Waals surface area contributed by atoms with Crippen LogP contribution in [0, 0.1) is 6.92 Å². The van der Waals surface area contributed by atoms with E-state index in [1.807, 2.05) is 67.6 Å². The largest absolute Gasteiger partial charge is 0.497 e. The molecule has 10 heteroatoms. The highest BCUT2D eigenvalue weighted by molar-refractivity contribution is 8.00. The number of amides is 3. The van der Waals surface area contributed by atoms with Gasteiger partial charge in [0, 0.05) is 16.1 Å². The van der Waals surface area contributed by atoms with Gasteiger partial charge in [0.05, 0.1) is 17.3 Å². The molecule has 244 valence electrons. The van der Waals surface area contributed by atoms with Crippen molar-refractivity contribution >= 4 is 67.9 Å². The fraction of sp³-hybridized carbons (Fsp3) is 0.0769. The fourth-order valence-corrected chi connectivity index (χ4v) is 6.91.